The number of thioether (sulfide) groups is 1. The van der Waals surface area contributed by atoms with Gasteiger partial charge in [-0.25, -0.2) is 27.6 Å². The number of benzene rings is 2. The molecule has 2 fully saturated rings. The normalized spacial score (nSPS) is 20.0. The Morgan fingerprint density at radius 2 is 1.81 bits per heavy atom. The molecular weight excluding hydrogens is 730 g/mol. The summed E-state index contributed by atoms with van der Waals surface area (Å²) in [6, 6.07) is 9.05. The van der Waals surface area contributed by atoms with E-state index in [4.69, 9.17) is 28.9 Å². The molecule has 2 saturated heterocycles. The number of hydrogen-bond donors (Lipinski definition) is 0. The molecule has 2 aromatic carbocycles. The van der Waals surface area contributed by atoms with Gasteiger partial charge >= 0.3 is 12.1 Å². The summed E-state index contributed by atoms with van der Waals surface area (Å²) >= 11 is 1.30. The van der Waals surface area contributed by atoms with Crippen LogP contribution in [0.2, 0.25) is 0 Å². The van der Waals surface area contributed by atoms with Crippen LogP contribution < -0.4 is 0 Å². The molecule has 3 aromatic rings. The fraction of sp³-hybridized carbons (Fsp3) is 0.432. The number of hydrogen-bond acceptors (Lipinski definition) is 13. The molecule has 5 rings (SSSR count). The minimum atomic E-state index is -1.81. The molecule has 0 aliphatic carbocycles. The first-order valence-electron chi connectivity index (χ1n) is 17.2. The van der Waals surface area contributed by atoms with E-state index in [-0.39, 0.29) is 55.9 Å². The molecule has 0 bridgehead atoms. The van der Waals surface area contributed by atoms with E-state index in [1.165, 1.54) is 47.3 Å². The Morgan fingerprint density at radius 3 is 2.50 bits per heavy atom. The van der Waals surface area contributed by atoms with Crippen molar-refractivity contribution in [3.05, 3.63) is 101 Å². The first-order chi connectivity index (χ1) is 26.0. The van der Waals surface area contributed by atoms with Gasteiger partial charge in [0.2, 0.25) is 0 Å². The van der Waals surface area contributed by atoms with E-state index in [2.05, 4.69) is 15.0 Å². The van der Waals surface area contributed by atoms with Crippen molar-refractivity contribution < 1.29 is 46.4 Å². The lowest BCUT2D eigenvalue weighted by molar-refractivity contribution is -0.147. The topological polar surface area (TPSA) is 141 Å². The molecule has 17 heteroatoms. The van der Waals surface area contributed by atoms with Crippen LogP contribution in [-0.2, 0) is 40.6 Å². The molecule has 1 aromatic heterocycles. The molecule has 0 saturated carbocycles. The van der Waals surface area contributed by atoms with Crippen LogP contribution in [0, 0.1) is 28.8 Å². The van der Waals surface area contributed by atoms with Crippen molar-refractivity contribution in [3.63, 3.8) is 0 Å². The number of halogens is 3. The highest BCUT2D eigenvalue weighted by Crippen LogP contribution is 2.42. The average molecular weight is 771 g/mol. The lowest BCUT2D eigenvalue weighted by atomic mass is 9.89. The van der Waals surface area contributed by atoms with E-state index in [1.807, 2.05) is 18.0 Å². The molecule has 0 unspecified atom stereocenters. The first-order valence-corrected chi connectivity index (χ1v) is 18.1. The summed E-state index contributed by atoms with van der Waals surface area (Å²) in [5.74, 6) is -2.76. The summed E-state index contributed by atoms with van der Waals surface area (Å²) < 4.78 is 73.6. The fourth-order valence-electron chi connectivity index (χ4n) is 5.82. The minimum Gasteiger partial charge on any atom is -0.461 e. The van der Waals surface area contributed by atoms with E-state index in [0.717, 1.165) is 38.3 Å². The van der Waals surface area contributed by atoms with Gasteiger partial charge in [0.05, 0.1) is 43.2 Å². The number of carbonyl (C=O) groups excluding carboxylic acids is 2. The number of aromatic nitrogens is 3. The average Bonchev–Trinajstić information content (AvgIpc) is 3.66. The van der Waals surface area contributed by atoms with Crippen molar-refractivity contribution in [2.45, 2.75) is 35.9 Å². The predicted octanol–water partition coefficient (Wildman–Crippen LogP) is 4.54. The quantitative estimate of drug-likeness (QED) is 0.122. The number of ether oxygens (including phenoxy) is 5. The zero-order valence-electron chi connectivity index (χ0n) is 29.8. The summed E-state index contributed by atoms with van der Waals surface area (Å²) in [6.07, 6.45) is 7.22. The van der Waals surface area contributed by atoms with E-state index in [1.54, 1.807) is 31.2 Å². The molecule has 13 nitrogen and oxygen atoms in total. The predicted molar refractivity (Wildman–Crippen MR) is 191 cm³/mol. The van der Waals surface area contributed by atoms with Crippen LogP contribution in [-0.4, -0.2) is 120 Å². The van der Waals surface area contributed by atoms with Gasteiger partial charge in [0.25, 0.3) is 0 Å². The van der Waals surface area contributed by atoms with Crippen LogP contribution >= 0.6 is 11.8 Å². The highest BCUT2D eigenvalue weighted by Gasteiger charge is 2.47. The van der Waals surface area contributed by atoms with Gasteiger partial charge in [-0.2, -0.15) is 10.4 Å². The SMILES string of the molecule is C[C@@H](S[C@H]1CO[C@H](C=CC=Cc2ccc(C#N)cc2F)OC1)[C@@](Cn1cncn1)(OC(=O)OCCOC(=O)CN1CCN(C)CC1)c1ccc(F)cc1F. The molecule has 2 aliphatic heterocycles. The molecular formula is C37H41F3N6O7S. The Labute approximate surface area is 315 Å². The molecule has 54 heavy (non-hydrogen) atoms. The maximum Gasteiger partial charge on any atom is 0.509 e. The maximum atomic E-state index is 15.6. The standard InChI is InChI=1S/C37H41F3N6O7S/c1-26(54-30-21-51-35(52-22-30)6-4-3-5-28-8-7-27(19-41)17-32(28)39)37(23-46-25-42-24-43-46,31-10-9-29(38)18-33(31)40)53-36(48)50-16-15-49-34(47)20-45-13-11-44(2)12-14-45/h3-10,17-18,24-26,30,35H,11-16,20-23H2,1-2H3/t26-,30-,35-,37-/m1/s1. The lowest BCUT2D eigenvalue weighted by Crippen LogP contribution is -2.47. The zero-order valence-corrected chi connectivity index (χ0v) is 30.6. The molecule has 0 spiro atoms. The Balaban J connectivity index is 1.22. The Hall–Kier alpha value is -4.73. The number of allylic oxidation sites excluding steroid dienone is 2. The number of piperazine rings is 1. The van der Waals surface area contributed by atoms with Crippen molar-refractivity contribution in [1.82, 2.24) is 24.6 Å². The third kappa shape index (κ3) is 11.4. The molecule has 2 atom stereocenters. The van der Waals surface area contributed by atoms with Crippen molar-refractivity contribution in [3.8, 4) is 6.07 Å². The van der Waals surface area contributed by atoms with Crippen molar-refractivity contribution in [1.29, 1.82) is 5.26 Å². The van der Waals surface area contributed by atoms with E-state index < -0.39 is 46.7 Å². The first kappa shape index (κ1) is 40.5. The van der Waals surface area contributed by atoms with Crippen LogP contribution in [0.1, 0.15) is 23.6 Å². The van der Waals surface area contributed by atoms with Crippen LogP contribution in [0.5, 0.6) is 0 Å². The number of nitrogens with zero attached hydrogens (tertiary/aromatic N) is 6. The van der Waals surface area contributed by atoms with Gasteiger partial charge in [0, 0.05) is 48.6 Å². The highest BCUT2D eigenvalue weighted by atomic mass is 32.2. The number of likely N-dealkylation sites (N-methyl/N-ethyl adjacent to an activating group) is 1. The number of carbonyl (C=O) groups is 2. The van der Waals surface area contributed by atoms with Gasteiger partial charge in [-0.1, -0.05) is 24.3 Å². The molecule has 3 heterocycles. The molecule has 0 N–H and O–H groups in total. The molecule has 0 amide bonds. The third-order valence-electron chi connectivity index (χ3n) is 8.76. The monoisotopic (exact) mass is 770 g/mol. The smallest absolute Gasteiger partial charge is 0.461 e. The van der Waals surface area contributed by atoms with Crippen molar-refractivity contribution >= 4 is 30.0 Å². The molecule has 0 radical (unpaired) electrons. The van der Waals surface area contributed by atoms with Gasteiger partial charge < -0.3 is 28.6 Å². The highest BCUT2D eigenvalue weighted by molar-refractivity contribution is 8.00. The summed E-state index contributed by atoms with van der Waals surface area (Å²) in [7, 11) is 2.01. The third-order valence-corrected chi connectivity index (χ3v) is 10.2. The van der Waals surface area contributed by atoms with E-state index >= 15 is 4.39 Å². The second kappa shape index (κ2) is 19.6. The summed E-state index contributed by atoms with van der Waals surface area (Å²) in [6.45, 7) is 4.62. The summed E-state index contributed by atoms with van der Waals surface area (Å²) in [5, 5.41) is 12.0. The van der Waals surface area contributed by atoms with E-state index in [0.29, 0.717) is 11.6 Å². The van der Waals surface area contributed by atoms with Gasteiger partial charge in [-0.15, -0.1) is 11.8 Å². The Morgan fingerprint density at radius 1 is 1.06 bits per heavy atom. The number of rotatable bonds is 15. The van der Waals surface area contributed by atoms with Crippen LogP contribution in [0.25, 0.3) is 6.08 Å². The van der Waals surface area contributed by atoms with Crippen LogP contribution in [0.4, 0.5) is 18.0 Å². The lowest BCUT2D eigenvalue weighted by Gasteiger charge is -2.40. The molecule has 288 valence electrons. The van der Waals surface area contributed by atoms with Crippen LogP contribution in [0.15, 0.2) is 67.3 Å². The Bertz CT molecular complexity index is 1810. The fourth-order valence-corrected chi connectivity index (χ4v) is 7.18. The zero-order chi connectivity index (χ0) is 38.5. The van der Waals surface area contributed by atoms with Gasteiger partial charge in [0.1, 0.15) is 43.3 Å². The largest absolute Gasteiger partial charge is 0.509 e. The second-order valence-corrected chi connectivity index (χ2v) is 14.3. The number of esters is 1. The second-order valence-electron chi connectivity index (χ2n) is 12.6. The van der Waals surface area contributed by atoms with Gasteiger partial charge in [-0.05, 0) is 44.3 Å². The van der Waals surface area contributed by atoms with Gasteiger partial charge in [0.15, 0.2) is 11.9 Å². The minimum absolute atomic E-state index is 0.113. The number of nitriles is 1. The van der Waals surface area contributed by atoms with Crippen molar-refractivity contribution in [2.75, 3.05) is 66.2 Å². The summed E-state index contributed by atoms with van der Waals surface area (Å²) in [4.78, 5) is 33.8. The van der Waals surface area contributed by atoms with Crippen LogP contribution in [0.3, 0.4) is 0 Å². The maximum absolute atomic E-state index is 15.6. The molecule has 2 aliphatic rings. The Kier molecular flexibility index (Phi) is 14.6. The summed E-state index contributed by atoms with van der Waals surface area (Å²) in [5.41, 5.74) is -1.40. The van der Waals surface area contributed by atoms with Crippen molar-refractivity contribution in [2.24, 2.45) is 0 Å². The van der Waals surface area contributed by atoms with Gasteiger partial charge in [-0.3, -0.25) is 9.69 Å². The van der Waals surface area contributed by atoms with E-state index in [9.17, 15) is 18.4 Å².